The van der Waals surface area contributed by atoms with Crippen molar-refractivity contribution in [2.24, 2.45) is 0 Å². The van der Waals surface area contributed by atoms with Crippen molar-refractivity contribution in [2.45, 2.75) is 32.4 Å². The molecule has 5 heteroatoms. The van der Waals surface area contributed by atoms with Gasteiger partial charge in [-0.2, -0.15) is 0 Å². The number of hydrogen-bond acceptors (Lipinski definition) is 5. The molecule has 100 valence electrons. The van der Waals surface area contributed by atoms with Gasteiger partial charge in [0.05, 0.1) is 6.54 Å². The maximum atomic E-state index is 5.73. The number of fused-ring (bicyclic) bond motifs is 1. The molecule has 0 spiro atoms. The van der Waals surface area contributed by atoms with Crippen LogP contribution in [0.2, 0.25) is 0 Å². The first kappa shape index (κ1) is 12.2. The number of para-hydroxylation sites is 1. The third kappa shape index (κ3) is 2.21. The van der Waals surface area contributed by atoms with E-state index in [9.17, 15) is 0 Å². The van der Waals surface area contributed by atoms with Crippen LogP contribution < -0.4 is 10.2 Å². The molecule has 0 bridgehead atoms. The Balaban J connectivity index is 1.98. The quantitative estimate of drug-likeness (QED) is 0.915. The highest BCUT2D eigenvalue weighted by atomic mass is 16.4. The predicted octanol–water partition coefficient (Wildman–Crippen LogP) is 2.26. The van der Waals surface area contributed by atoms with Crippen LogP contribution >= 0.6 is 0 Å². The van der Waals surface area contributed by atoms with Crippen molar-refractivity contribution >= 4 is 11.7 Å². The first-order valence-electron chi connectivity index (χ1n) is 6.63. The van der Waals surface area contributed by atoms with Crippen LogP contribution in [0.15, 0.2) is 28.7 Å². The Bertz CT molecular complexity index is 566. The maximum Gasteiger partial charge on any atom is 0.323 e. The normalized spacial score (nSPS) is 18.4. The summed E-state index contributed by atoms with van der Waals surface area (Å²) < 4.78 is 5.73. The van der Waals surface area contributed by atoms with E-state index in [2.05, 4.69) is 51.6 Å². The van der Waals surface area contributed by atoms with E-state index in [1.54, 1.807) is 0 Å². The Morgan fingerprint density at radius 1 is 1.37 bits per heavy atom. The molecule has 5 nitrogen and oxygen atoms in total. The summed E-state index contributed by atoms with van der Waals surface area (Å²) in [5.41, 5.74) is 2.52. The second kappa shape index (κ2) is 5.01. The molecule has 1 atom stereocenters. The molecule has 1 unspecified atom stereocenters. The van der Waals surface area contributed by atoms with Gasteiger partial charge in [0.25, 0.3) is 0 Å². The SMILES string of the molecule is CNCc1nnc(N2c3ccccc3CCC2C)o1. The minimum absolute atomic E-state index is 0.373. The second-order valence-electron chi connectivity index (χ2n) is 4.90. The van der Waals surface area contributed by atoms with Gasteiger partial charge >= 0.3 is 6.01 Å². The molecule has 3 rings (SSSR count). The topological polar surface area (TPSA) is 54.2 Å². The fraction of sp³-hybridized carbons (Fsp3) is 0.429. The minimum atomic E-state index is 0.373. The number of nitrogens with one attached hydrogen (secondary N) is 1. The molecule has 2 aromatic rings. The van der Waals surface area contributed by atoms with E-state index in [-0.39, 0.29) is 0 Å². The summed E-state index contributed by atoms with van der Waals surface area (Å²) in [5.74, 6) is 0.618. The Hall–Kier alpha value is -1.88. The van der Waals surface area contributed by atoms with Crippen LogP contribution in [0.3, 0.4) is 0 Å². The van der Waals surface area contributed by atoms with E-state index >= 15 is 0 Å². The minimum Gasteiger partial charge on any atom is -0.406 e. The molecule has 1 aliphatic rings. The Morgan fingerprint density at radius 2 is 2.21 bits per heavy atom. The van der Waals surface area contributed by atoms with Gasteiger partial charge in [-0.3, -0.25) is 4.90 Å². The van der Waals surface area contributed by atoms with Crippen molar-refractivity contribution in [2.75, 3.05) is 11.9 Å². The zero-order chi connectivity index (χ0) is 13.2. The highest BCUT2D eigenvalue weighted by Gasteiger charge is 2.27. The molecule has 0 saturated carbocycles. The standard InChI is InChI=1S/C14H18N4O/c1-10-7-8-11-5-3-4-6-12(11)18(10)14-17-16-13(19-14)9-15-2/h3-6,10,15H,7-9H2,1-2H3. The summed E-state index contributed by atoms with van der Waals surface area (Å²) in [6.45, 7) is 2.79. The third-order valence-electron chi connectivity index (χ3n) is 3.51. The van der Waals surface area contributed by atoms with Gasteiger partial charge in [-0.05, 0) is 38.4 Å². The molecule has 0 radical (unpaired) electrons. The van der Waals surface area contributed by atoms with Crippen LogP contribution in [0.1, 0.15) is 24.8 Å². The summed E-state index contributed by atoms with van der Waals surface area (Å²) in [5, 5.41) is 11.3. The third-order valence-corrected chi connectivity index (χ3v) is 3.51. The van der Waals surface area contributed by atoms with Crippen LogP contribution in [0.4, 0.5) is 11.7 Å². The fourth-order valence-electron chi connectivity index (χ4n) is 2.54. The Morgan fingerprint density at radius 3 is 3.05 bits per heavy atom. The lowest BCUT2D eigenvalue weighted by atomic mass is 9.97. The average Bonchev–Trinajstić information content (AvgIpc) is 2.87. The number of aromatic nitrogens is 2. The number of nitrogens with zero attached hydrogens (tertiary/aromatic N) is 3. The number of anilines is 2. The lowest BCUT2D eigenvalue weighted by Gasteiger charge is -2.33. The molecule has 1 aromatic heterocycles. The van der Waals surface area contributed by atoms with Gasteiger partial charge in [-0.25, -0.2) is 0 Å². The molecule has 1 aliphatic heterocycles. The molecule has 1 aromatic carbocycles. The van der Waals surface area contributed by atoms with Crippen LogP contribution in [0.5, 0.6) is 0 Å². The van der Waals surface area contributed by atoms with Gasteiger partial charge in [0.15, 0.2) is 0 Å². The smallest absolute Gasteiger partial charge is 0.323 e. The van der Waals surface area contributed by atoms with E-state index in [1.807, 2.05) is 7.05 Å². The molecule has 0 aliphatic carbocycles. The summed E-state index contributed by atoms with van der Waals surface area (Å²) in [6, 6.07) is 9.37. The molecule has 0 saturated heterocycles. The monoisotopic (exact) mass is 258 g/mol. The summed E-state index contributed by atoms with van der Waals surface area (Å²) in [4.78, 5) is 2.14. The molecule has 2 heterocycles. The zero-order valence-electron chi connectivity index (χ0n) is 11.3. The van der Waals surface area contributed by atoms with Gasteiger partial charge in [0.2, 0.25) is 5.89 Å². The molecule has 0 fully saturated rings. The Kier molecular flexibility index (Phi) is 3.21. The van der Waals surface area contributed by atoms with Gasteiger partial charge < -0.3 is 9.73 Å². The van der Waals surface area contributed by atoms with Crippen LogP contribution in [0, 0.1) is 0 Å². The Labute approximate surface area is 112 Å². The predicted molar refractivity (Wildman–Crippen MR) is 73.4 cm³/mol. The first-order chi connectivity index (χ1) is 9.29. The van der Waals surface area contributed by atoms with E-state index in [0.717, 1.165) is 12.8 Å². The summed E-state index contributed by atoms with van der Waals surface area (Å²) in [6.07, 6.45) is 2.20. The lowest BCUT2D eigenvalue weighted by Crippen LogP contribution is -2.33. The largest absolute Gasteiger partial charge is 0.406 e. The number of aryl methyl sites for hydroxylation is 1. The van der Waals surface area contributed by atoms with Crippen molar-refractivity contribution in [3.05, 3.63) is 35.7 Å². The highest BCUT2D eigenvalue weighted by molar-refractivity contribution is 5.63. The van der Waals surface area contributed by atoms with Crippen molar-refractivity contribution < 1.29 is 4.42 Å². The molecular weight excluding hydrogens is 240 g/mol. The van der Waals surface area contributed by atoms with Gasteiger partial charge in [0, 0.05) is 11.7 Å². The molecule has 0 amide bonds. The number of hydrogen-bond donors (Lipinski definition) is 1. The van der Waals surface area contributed by atoms with Crippen LogP contribution in [-0.2, 0) is 13.0 Å². The maximum absolute atomic E-state index is 5.73. The number of rotatable bonds is 3. The average molecular weight is 258 g/mol. The molecular formula is C14H18N4O. The van der Waals surface area contributed by atoms with Gasteiger partial charge in [-0.15, -0.1) is 5.10 Å². The lowest BCUT2D eigenvalue weighted by molar-refractivity contribution is 0.462. The van der Waals surface area contributed by atoms with Crippen LogP contribution in [-0.4, -0.2) is 23.3 Å². The van der Waals surface area contributed by atoms with E-state index in [4.69, 9.17) is 4.42 Å². The van der Waals surface area contributed by atoms with E-state index in [0.29, 0.717) is 24.5 Å². The van der Waals surface area contributed by atoms with Crippen molar-refractivity contribution in [1.82, 2.24) is 15.5 Å². The summed E-state index contributed by atoms with van der Waals surface area (Å²) >= 11 is 0. The van der Waals surface area contributed by atoms with Crippen molar-refractivity contribution in [1.29, 1.82) is 0 Å². The van der Waals surface area contributed by atoms with Crippen molar-refractivity contribution in [3.8, 4) is 0 Å². The highest BCUT2D eigenvalue weighted by Crippen LogP contribution is 2.35. The van der Waals surface area contributed by atoms with E-state index in [1.165, 1.54) is 11.3 Å². The van der Waals surface area contributed by atoms with Gasteiger partial charge in [-0.1, -0.05) is 23.3 Å². The van der Waals surface area contributed by atoms with E-state index < -0.39 is 0 Å². The molecule has 19 heavy (non-hydrogen) atoms. The first-order valence-corrected chi connectivity index (χ1v) is 6.63. The second-order valence-corrected chi connectivity index (χ2v) is 4.90. The van der Waals surface area contributed by atoms with Crippen molar-refractivity contribution in [3.63, 3.8) is 0 Å². The zero-order valence-corrected chi connectivity index (χ0v) is 11.3. The number of benzene rings is 1. The molecule has 1 N–H and O–H groups in total. The summed E-state index contributed by atoms with van der Waals surface area (Å²) in [7, 11) is 1.86. The van der Waals surface area contributed by atoms with Crippen LogP contribution in [0.25, 0.3) is 0 Å². The van der Waals surface area contributed by atoms with Gasteiger partial charge in [0.1, 0.15) is 0 Å². The fourth-order valence-corrected chi connectivity index (χ4v) is 2.54.